The van der Waals surface area contributed by atoms with Gasteiger partial charge in [0.2, 0.25) is 5.91 Å². The highest BCUT2D eigenvalue weighted by molar-refractivity contribution is 5.89. The van der Waals surface area contributed by atoms with E-state index in [9.17, 15) is 9.59 Å². The third-order valence-corrected chi connectivity index (χ3v) is 5.24. The van der Waals surface area contributed by atoms with Crippen LogP contribution < -0.4 is 10.6 Å². The van der Waals surface area contributed by atoms with E-state index in [0.717, 1.165) is 56.6 Å². The van der Waals surface area contributed by atoms with E-state index in [1.54, 1.807) is 0 Å². The molecule has 5 heteroatoms. The number of anilines is 1. The first-order valence-corrected chi connectivity index (χ1v) is 8.46. The van der Waals surface area contributed by atoms with Gasteiger partial charge in [-0.2, -0.15) is 0 Å². The van der Waals surface area contributed by atoms with Crippen molar-refractivity contribution in [2.24, 2.45) is 5.41 Å². The van der Waals surface area contributed by atoms with E-state index in [1.807, 2.05) is 36.1 Å². The standard InChI is InChI=1S/C18H25N3O2/c1-14-3-2-4-15(13-14)20-17(23)21-11-8-18(9-12-21)6-5-16(22)19-10-7-18/h2-4,13H,5-12H2,1H3,(H,19,22)(H,20,23). The minimum Gasteiger partial charge on any atom is -0.356 e. The molecule has 2 saturated heterocycles. The second-order valence-electron chi connectivity index (χ2n) is 6.89. The summed E-state index contributed by atoms with van der Waals surface area (Å²) in [7, 11) is 0. The minimum absolute atomic E-state index is 0.0201. The molecule has 0 aliphatic carbocycles. The van der Waals surface area contributed by atoms with E-state index in [0.29, 0.717) is 6.42 Å². The Kier molecular flexibility index (Phi) is 4.55. The third kappa shape index (κ3) is 3.84. The maximum absolute atomic E-state index is 12.4. The topological polar surface area (TPSA) is 61.4 Å². The lowest BCUT2D eigenvalue weighted by Crippen LogP contribution is -2.45. The van der Waals surface area contributed by atoms with E-state index in [-0.39, 0.29) is 17.4 Å². The van der Waals surface area contributed by atoms with Gasteiger partial charge in [-0.1, -0.05) is 12.1 Å². The normalized spacial score (nSPS) is 20.7. The minimum atomic E-state index is -0.0201. The number of benzene rings is 1. The van der Waals surface area contributed by atoms with E-state index in [2.05, 4.69) is 10.6 Å². The summed E-state index contributed by atoms with van der Waals surface area (Å²) in [5.41, 5.74) is 2.22. The fourth-order valence-corrected chi connectivity index (χ4v) is 3.67. The maximum atomic E-state index is 12.4. The Bertz CT molecular complexity index is 592. The van der Waals surface area contributed by atoms with Crippen molar-refractivity contribution < 1.29 is 9.59 Å². The fourth-order valence-electron chi connectivity index (χ4n) is 3.67. The first kappa shape index (κ1) is 15.8. The molecular weight excluding hydrogens is 290 g/mol. The highest BCUT2D eigenvalue weighted by Gasteiger charge is 2.37. The van der Waals surface area contributed by atoms with E-state index in [1.165, 1.54) is 0 Å². The summed E-state index contributed by atoms with van der Waals surface area (Å²) in [6.45, 7) is 4.33. The maximum Gasteiger partial charge on any atom is 0.321 e. The molecule has 2 N–H and O–H groups in total. The van der Waals surface area contributed by atoms with Gasteiger partial charge in [0.25, 0.3) is 0 Å². The number of aryl methyl sites for hydroxylation is 1. The number of nitrogens with one attached hydrogen (secondary N) is 2. The number of carbonyl (C=O) groups excluding carboxylic acids is 2. The van der Waals surface area contributed by atoms with Crippen LogP contribution in [0.2, 0.25) is 0 Å². The summed E-state index contributed by atoms with van der Waals surface area (Å²) < 4.78 is 0. The number of piperidine rings is 1. The molecule has 1 aromatic rings. The second-order valence-corrected chi connectivity index (χ2v) is 6.89. The van der Waals surface area contributed by atoms with E-state index < -0.39 is 0 Å². The number of rotatable bonds is 1. The largest absolute Gasteiger partial charge is 0.356 e. The van der Waals surface area contributed by atoms with Gasteiger partial charge in [0.05, 0.1) is 0 Å². The Morgan fingerprint density at radius 2 is 2.00 bits per heavy atom. The Balaban J connectivity index is 1.56. The summed E-state index contributed by atoms with van der Waals surface area (Å²) in [4.78, 5) is 25.8. The van der Waals surface area contributed by atoms with E-state index in [4.69, 9.17) is 0 Å². The summed E-state index contributed by atoms with van der Waals surface area (Å²) in [6.07, 6.45) is 4.58. The first-order chi connectivity index (χ1) is 11.1. The van der Waals surface area contributed by atoms with Gasteiger partial charge < -0.3 is 15.5 Å². The van der Waals surface area contributed by atoms with E-state index >= 15 is 0 Å². The smallest absolute Gasteiger partial charge is 0.321 e. The van der Waals surface area contributed by atoms with Gasteiger partial charge >= 0.3 is 6.03 Å². The van der Waals surface area contributed by atoms with Crippen LogP contribution in [0.3, 0.4) is 0 Å². The van der Waals surface area contributed by atoms with Crippen molar-refractivity contribution in [2.45, 2.75) is 39.0 Å². The molecule has 5 nitrogen and oxygen atoms in total. The predicted octanol–water partition coefficient (Wildman–Crippen LogP) is 2.91. The first-order valence-electron chi connectivity index (χ1n) is 8.46. The van der Waals surface area contributed by atoms with Crippen molar-refractivity contribution in [2.75, 3.05) is 25.0 Å². The van der Waals surface area contributed by atoms with Crippen LogP contribution in [-0.2, 0) is 4.79 Å². The number of urea groups is 1. The van der Waals surface area contributed by atoms with Crippen LogP contribution in [0.5, 0.6) is 0 Å². The summed E-state index contributed by atoms with van der Waals surface area (Å²) in [6, 6.07) is 7.84. The van der Waals surface area contributed by atoms with Crippen molar-refractivity contribution in [1.29, 1.82) is 0 Å². The predicted molar refractivity (Wildman–Crippen MR) is 90.3 cm³/mol. The van der Waals surface area contributed by atoms with Crippen molar-refractivity contribution in [3.8, 4) is 0 Å². The van der Waals surface area contributed by atoms with Crippen molar-refractivity contribution in [1.82, 2.24) is 10.2 Å². The molecule has 0 bridgehead atoms. The molecule has 0 unspecified atom stereocenters. The summed E-state index contributed by atoms with van der Waals surface area (Å²) in [5.74, 6) is 0.168. The number of nitrogens with zero attached hydrogens (tertiary/aromatic N) is 1. The molecule has 0 aromatic heterocycles. The van der Waals surface area contributed by atoms with Crippen LogP contribution in [0.25, 0.3) is 0 Å². The van der Waals surface area contributed by atoms with Crippen molar-refractivity contribution in [3.05, 3.63) is 29.8 Å². The number of amides is 3. The zero-order chi connectivity index (χ0) is 16.3. The molecule has 0 saturated carbocycles. The monoisotopic (exact) mass is 315 g/mol. The van der Waals surface area contributed by atoms with Crippen molar-refractivity contribution in [3.63, 3.8) is 0 Å². The number of hydrogen-bond acceptors (Lipinski definition) is 2. The lowest BCUT2D eigenvalue weighted by molar-refractivity contribution is -0.121. The molecule has 2 heterocycles. The van der Waals surface area contributed by atoms with Crippen LogP contribution in [0.1, 0.15) is 37.7 Å². The van der Waals surface area contributed by atoms with Gasteiger partial charge in [-0.15, -0.1) is 0 Å². The highest BCUT2D eigenvalue weighted by Crippen LogP contribution is 2.40. The lowest BCUT2D eigenvalue weighted by Gasteiger charge is -2.41. The molecule has 1 aromatic carbocycles. The van der Waals surface area contributed by atoms with Gasteiger partial charge in [0.1, 0.15) is 0 Å². The SMILES string of the molecule is Cc1cccc(NC(=O)N2CCC3(CCNC(=O)CC3)CC2)c1. The van der Waals surface area contributed by atoms with Gasteiger partial charge in [0.15, 0.2) is 0 Å². The molecule has 3 rings (SSSR count). The Hall–Kier alpha value is -2.04. The van der Waals surface area contributed by atoms with Gasteiger partial charge in [0, 0.05) is 31.7 Å². The van der Waals surface area contributed by atoms with Gasteiger partial charge in [-0.05, 0) is 55.7 Å². The average molecular weight is 315 g/mol. The fraction of sp³-hybridized carbons (Fsp3) is 0.556. The molecule has 2 fully saturated rings. The second kappa shape index (κ2) is 6.60. The zero-order valence-electron chi connectivity index (χ0n) is 13.7. The zero-order valence-corrected chi connectivity index (χ0v) is 13.7. The quantitative estimate of drug-likeness (QED) is 0.837. The molecule has 0 atom stereocenters. The molecule has 2 aliphatic rings. The number of carbonyl (C=O) groups is 2. The molecule has 2 aliphatic heterocycles. The lowest BCUT2D eigenvalue weighted by atomic mass is 9.73. The number of hydrogen-bond donors (Lipinski definition) is 2. The highest BCUT2D eigenvalue weighted by atomic mass is 16.2. The Morgan fingerprint density at radius 1 is 1.22 bits per heavy atom. The van der Waals surface area contributed by atoms with Crippen LogP contribution in [0.4, 0.5) is 10.5 Å². The van der Waals surface area contributed by atoms with Crippen LogP contribution in [0, 0.1) is 12.3 Å². The molecule has 23 heavy (non-hydrogen) atoms. The molecular formula is C18H25N3O2. The van der Waals surface area contributed by atoms with Crippen LogP contribution in [-0.4, -0.2) is 36.5 Å². The Labute approximate surface area is 137 Å². The molecule has 3 amide bonds. The third-order valence-electron chi connectivity index (χ3n) is 5.24. The summed E-state index contributed by atoms with van der Waals surface area (Å²) >= 11 is 0. The van der Waals surface area contributed by atoms with Gasteiger partial charge in [-0.25, -0.2) is 4.79 Å². The molecule has 1 spiro atoms. The van der Waals surface area contributed by atoms with Gasteiger partial charge in [-0.3, -0.25) is 4.79 Å². The Morgan fingerprint density at radius 3 is 2.74 bits per heavy atom. The average Bonchev–Trinajstić information content (AvgIpc) is 2.70. The van der Waals surface area contributed by atoms with Crippen molar-refractivity contribution >= 4 is 17.6 Å². The molecule has 0 radical (unpaired) electrons. The summed E-state index contributed by atoms with van der Waals surface area (Å²) in [5, 5.41) is 5.94. The van der Waals surface area contributed by atoms with Crippen LogP contribution in [0.15, 0.2) is 24.3 Å². The van der Waals surface area contributed by atoms with Crippen LogP contribution >= 0.6 is 0 Å². The molecule has 124 valence electrons. The number of likely N-dealkylation sites (tertiary alicyclic amines) is 1.